The number of rotatable bonds is 3. The fourth-order valence-corrected chi connectivity index (χ4v) is 2.72. The van der Waals surface area contributed by atoms with Crippen molar-refractivity contribution in [3.05, 3.63) is 42.2 Å². The van der Waals surface area contributed by atoms with E-state index < -0.39 is 0 Å². The molecule has 1 aromatic carbocycles. The normalized spacial score (nSPS) is 18.4. The lowest BCUT2D eigenvalue weighted by Crippen LogP contribution is -2.43. The van der Waals surface area contributed by atoms with Crippen LogP contribution in [0.2, 0.25) is 0 Å². The first-order chi connectivity index (χ1) is 11.1. The van der Waals surface area contributed by atoms with Crippen LogP contribution >= 0.6 is 0 Å². The van der Waals surface area contributed by atoms with Gasteiger partial charge in [-0.25, -0.2) is 4.98 Å². The van der Waals surface area contributed by atoms with E-state index in [1.807, 2.05) is 24.3 Å². The minimum Gasteiger partial charge on any atom is -0.369 e. The molecule has 1 aromatic heterocycles. The Kier molecular flexibility index (Phi) is 4.32. The fraction of sp³-hybridized carbons (Fsp3) is 0.294. The van der Waals surface area contributed by atoms with Crippen LogP contribution in [0.5, 0.6) is 0 Å². The average molecular weight is 310 g/mol. The van der Waals surface area contributed by atoms with Crippen LogP contribution in [-0.2, 0) is 9.59 Å². The average Bonchev–Trinajstić information content (AvgIpc) is 2.59. The first kappa shape index (κ1) is 15.1. The maximum Gasteiger partial charge on any atom is 0.246 e. The minimum atomic E-state index is -0.341. The summed E-state index contributed by atoms with van der Waals surface area (Å²) in [7, 11) is 0. The molecular formula is C17H18N4O2. The lowest BCUT2D eigenvalue weighted by atomic mass is 9.97. The number of para-hydroxylation sites is 2. The van der Waals surface area contributed by atoms with Gasteiger partial charge in [-0.05, 0) is 31.1 Å². The van der Waals surface area contributed by atoms with E-state index in [0.717, 1.165) is 23.9 Å². The third kappa shape index (κ3) is 3.53. The zero-order chi connectivity index (χ0) is 16.2. The Bertz CT molecular complexity index is 772. The van der Waals surface area contributed by atoms with E-state index in [4.69, 9.17) is 5.73 Å². The molecule has 1 atom stereocenters. The second kappa shape index (κ2) is 6.56. The Balaban J connectivity index is 1.70. The number of aromatic nitrogens is 2. The van der Waals surface area contributed by atoms with Gasteiger partial charge in [0.1, 0.15) is 0 Å². The summed E-state index contributed by atoms with van der Waals surface area (Å²) < 4.78 is 0. The third-order valence-corrected chi connectivity index (χ3v) is 4.00. The van der Waals surface area contributed by atoms with Crippen LogP contribution in [-0.4, -0.2) is 39.8 Å². The smallest absolute Gasteiger partial charge is 0.246 e. The fourth-order valence-electron chi connectivity index (χ4n) is 2.72. The van der Waals surface area contributed by atoms with E-state index in [2.05, 4.69) is 9.97 Å². The van der Waals surface area contributed by atoms with Crippen molar-refractivity contribution in [1.82, 2.24) is 14.9 Å². The van der Waals surface area contributed by atoms with Crippen molar-refractivity contribution in [1.29, 1.82) is 0 Å². The first-order valence-corrected chi connectivity index (χ1v) is 7.61. The molecule has 1 aliphatic rings. The van der Waals surface area contributed by atoms with Crippen LogP contribution in [0.1, 0.15) is 18.5 Å². The van der Waals surface area contributed by atoms with Crippen LogP contribution in [0.25, 0.3) is 17.1 Å². The SMILES string of the molecule is NC(=O)C1CCCN(C(=O)/C=C/c2cnc3ccccc3n2)C1. The molecule has 0 bridgehead atoms. The van der Waals surface area contributed by atoms with Crippen LogP contribution in [0.4, 0.5) is 0 Å². The van der Waals surface area contributed by atoms with Gasteiger partial charge in [0.2, 0.25) is 11.8 Å². The standard InChI is InChI=1S/C17H18N4O2/c18-17(23)12-4-3-9-21(11-12)16(22)8-7-13-10-19-14-5-1-2-6-15(14)20-13/h1-2,5-8,10,12H,3-4,9,11H2,(H2,18,23)/b8-7+. The van der Waals surface area contributed by atoms with E-state index in [1.165, 1.54) is 6.08 Å². The van der Waals surface area contributed by atoms with E-state index in [0.29, 0.717) is 18.8 Å². The van der Waals surface area contributed by atoms with Crippen molar-refractivity contribution in [2.24, 2.45) is 11.7 Å². The maximum absolute atomic E-state index is 12.2. The predicted octanol–water partition coefficient (Wildman–Crippen LogP) is 1.37. The summed E-state index contributed by atoms with van der Waals surface area (Å²) in [4.78, 5) is 33.9. The lowest BCUT2D eigenvalue weighted by Gasteiger charge is -2.30. The summed E-state index contributed by atoms with van der Waals surface area (Å²) in [5, 5.41) is 0. The number of hydrogen-bond acceptors (Lipinski definition) is 4. The molecule has 3 rings (SSSR count). The minimum absolute atomic E-state index is 0.133. The number of primary amides is 1. The van der Waals surface area contributed by atoms with Crippen molar-refractivity contribution in [2.75, 3.05) is 13.1 Å². The molecule has 0 radical (unpaired) electrons. The van der Waals surface area contributed by atoms with Gasteiger partial charge >= 0.3 is 0 Å². The quantitative estimate of drug-likeness (QED) is 0.867. The zero-order valence-electron chi connectivity index (χ0n) is 12.7. The number of benzene rings is 1. The molecule has 2 heterocycles. The molecule has 0 saturated carbocycles. The van der Waals surface area contributed by atoms with E-state index in [1.54, 1.807) is 17.2 Å². The van der Waals surface area contributed by atoms with Gasteiger partial charge in [0.25, 0.3) is 0 Å². The van der Waals surface area contributed by atoms with Crippen molar-refractivity contribution >= 4 is 28.9 Å². The predicted molar refractivity (Wildman–Crippen MR) is 87.1 cm³/mol. The number of carbonyl (C=O) groups is 2. The van der Waals surface area contributed by atoms with Gasteiger partial charge in [-0.15, -0.1) is 0 Å². The summed E-state index contributed by atoms with van der Waals surface area (Å²) in [6, 6.07) is 7.57. The highest BCUT2D eigenvalue weighted by atomic mass is 16.2. The molecule has 2 amide bonds. The van der Waals surface area contributed by atoms with Gasteiger partial charge in [0.15, 0.2) is 0 Å². The van der Waals surface area contributed by atoms with Crippen LogP contribution in [0.3, 0.4) is 0 Å². The summed E-state index contributed by atoms with van der Waals surface area (Å²) in [5.41, 5.74) is 7.56. The summed E-state index contributed by atoms with van der Waals surface area (Å²) in [6.07, 6.45) is 6.30. The summed E-state index contributed by atoms with van der Waals surface area (Å²) in [6.45, 7) is 1.04. The highest BCUT2D eigenvalue weighted by Gasteiger charge is 2.25. The number of hydrogen-bond donors (Lipinski definition) is 1. The Morgan fingerprint density at radius 1 is 1.26 bits per heavy atom. The molecule has 23 heavy (non-hydrogen) atoms. The Morgan fingerprint density at radius 2 is 2.04 bits per heavy atom. The highest BCUT2D eigenvalue weighted by Crippen LogP contribution is 2.16. The molecule has 2 aromatic rings. The molecule has 0 aliphatic carbocycles. The maximum atomic E-state index is 12.2. The molecule has 1 saturated heterocycles. The molecule has 1 aliphatic heterocycles. The van der Waals surface area contributed by atoms with Crippen molar-refractivity contribution in [3.8, 4) is 0 Å². The van der Waals surface area contributed by atoms with Crippen LogP contribution < -0.4 is 5.73 Å². The number of likely N-dealkylation sites (tertiary alicyclic amines) is 1. The molecule has 0 spiro atoms. The zero-order valence-corrected chi connectivity index (χ0v) is 12.7. The van der Waals surface area contributed by atoms with E-state index in [9.17, 15) is 9.59 Å². The number of carbonyl (C=O) groups excluding carboxylic acids is 2. The largest absolute Gasteiger partial charge is 0.369 e. The first-order valence-electron chi connectivity index (χ1n) is 7.61. The monoisotopic (exact) mass is 310 g/mol. The molecular weight excluding hydrogens is 292 g/mol. The van der Waals surface area contributed by atoms with E-state index in [-0.39, 0.29) is 17.7 Å². The Morgan fingerprint density at radius 3 is 2.83 bits per heavy atom. The van der Waals surface area contributed by atoms with Gasteiger partial charge in [0.05, 0.1) is 28.8 Å². The van der Waals surface area contributed by atoms with Gasteiger partial charge < -0.3 is 10.6 Å². The Labute approximate surface area is 134 Å². The van der Waals surface area contributed by atoms with Crippen molar-refractivity contribution < 1.29 is 9.59 Å². The Hall–Kier alpha value is -2.76. The van der Waals surface area contributed by atoms with Crippen molar-refractivity contribution in [2.45, 2.75) is 12.8 Å². The molecule has 6 heteroatoms. The van der Waals surface area contributed by atoms with E-state index >= 15 is 0 Å². The summed E-state index contributed by atoms with van der Waals surface area (Å²) in [5.74, 6) is -0.723. The topological polar surface area (TPSA) is 89.2 Å². The number of fused-ring (bicyclic) bond motifs is 1. The number of piperidine rings is 1. The lowest BCUT2D eigenvalue weighted by molar-refractivity contribution is -0.130. The van der Waals surface area contributed by atoms with Gasteiger partial charge in [0, 0.05) is 19.2 Å². The van der Waals surface area contributed by atoms with Crippen LogP contribution in [0, 0.1) is 5.92 Å². The van der Waals surface area contributed by atoms with Crippen molar-refractivity contribution in [3.63, 3.8) is 0 Å². The van der Waals surface area contributed by atoms with Crippen LogP contribution in [0.15, 0.2) is 36.5 Å². The third-order valence-electron chi connectivity index (χ3n) is 4.00. The number of nitrogens with zero attached hydrogens (tertiary/aromatic N) is 3. The van der Waals surface area contributed by atoms with Gasteiger partial charge in [-0.1, -0.05) is 12.1 Å². The highest BCUT2D eigenvalue weighted by molar-refractivity contribution is 5.92. The second-order valence-electron chi connectivity index (χ2n) is 5.64. The molecule has 118 valence electrons. The number of nitrogens with two attached hydrogens (primary N) is 1. The summed E-state index contributed by atoms with van der Waals surface area (Å²) >= 11 is 0. The molecule has 1 fully saturated rings. The molecule has 1 unspecified atom stereocenters. The second-order valence-corrected chi connectivity index (χ2v) is 5.64. The molecule has 6 nitrogen and oxygen atoms in total. The van der Waals surface area contributed by atoms with Gasteiger partial charge in [-0.3, -0.25) is 14.6 Å². The number of amides is 2. The van der Waals surface area contributed by atoms with Gasteiger partial charge in [-0.2, -0.15) is 0 Å². The molecule has 2 N–H and O–H groups in total.